The van der Waals surface area contributed by atoms with Crippen molar-refractivity contribution in [3.8, 4) is 16.9 Å². The number of carboxylic acid groups (broad SMARTS) is 1. The number of carbonyl (C=O) groups excluding carboxylic acids is 1. The number of oxazole rings is 1. The van der Waals surface area contributed by atoms with E-state index in [-0.39, 0.29) is 30.9 Å². The number of aromatic hydroxyl groups is 1. The molecule has 35 heavy (non-hydrogen) atoms. The normalized spacial score (nSPS) is 12.1. The molecule has 0 saturated carbocycles. The number of anilines is 1. The van der Waals surface area contributed by atoms with Crippen LogP contribution >= 0.6 is 11.8 Å². The van der Waals surface area contributed by atoms with Crippen LogP contribution in [-0.2, 0) is 9.59 Å². The van der Waals surface area contributed by atoms with Crippen LogP contribution in [-0.4, -0.2) is 114 Å². The third-order valence-electron chi connectivity index (χ3n) is 4.95. The SMILES string of the molecule is O=C(O)CCSc1nc2c([As])c(-c3ccc(O)c(N(CC(=O)CO)CC(O)CO)c3)c([As])cc2o1. The van der Waals surface area contributed by atoms with Crippen LogP contribution in [0.3, 0.4) is 0 Å². The van der Waals surface area contributed by atoms with E-state index in [2.05, 4.69) is 38.7 Å². The van der Waals surface area contributed by atoms with Crippen molar-refractivity contribution >= 4 is 82.7 Å². The molecule has 5 N–H and O–H groups in total. The molecule has 3 rings (SSSR count). The fraction of sp³-hybridized carbons (Fsp3) is 0.318. The molecule has 184 valence electrons. The second-order valence-corrected chi connectivity index (χ2v) is 10.6. The molecule has 2 aromatic carbocycles. The Morgan fingerprint density at radius 2 is 1.94 bits per heavy atom. The minimum absolute atomic E-state index is 0.0177. The fourth-order valence-corrected chi connectivity index (χ4v) is 6.12. The maximum atomic E-state index is 11.9. The van der Waals surface area contributed by atoms with Gasteiger partial charge >= 0.3 is 223 Å². The van der Waals surface area contributed by atoms with Crippen LogP contribution in [0, 0.1) is 0 Å². The topological polar surface area (TPSA) is 165 Å². The molecular formula is C22H22As2N2O8S. The Morgan fingerprint density at radius 1 is 1.20 bits per heavy atom. The first kappa shape index (κ1) is 27.6. The van der Waals surface area contributed by atoms with Gasteiger partial charge in [-0.05, 0) is 0 Å². The Morgan fingerprint density at radius 3 is 2.60 bits per heavy atom. The summed E-state index contributed by atoms with van der Waals surface area (Å²) in [6.07, 6.45) is -1.18. The number of thioether (sulfide) groups is 1. The molecule has 4 radical (unpaired) electrons. The summed E-state index contributed by atoms with van der Waals surface area (Å²) < 4.78 is 7.31. The standard InChI is InChI=1S/C22H22As2N2O8S/c23-14-6-17-21(25-22(34-17)35-4-3-18(32)33)20(24)19(14)11-1-2-16(31)15(5-11)26(7-12(29)9-27)8-13(30)10-28/h1-2,5-6,12,27-29,31H,3-4,7-10H2,(H,32,33). The summed E-state index contributed by atoms with van der Waals surface area (Å²) in [6.45, 7) is -1.64. The van der Waals surface area contributed by atoms with Gasteiger partial charge in [-0.2, -0.15) is 0 Å². The number of ketones is 1. The quantitative estimate of drug-likeness (QED) is 0.125. The third kappa shape index (κ3) is 6.82. The summed E-state index contributed by atoms with van der Waals surface area (Å²) in [5.74, 6) is -1.23. The van der Waals surface area contributed by atoms with Gasteiger partial charge in [-0.1, -0.05) is 0 Å². The fourth-order valence-electron chi connectivity index (χ4n) is 3.34. The van der Waals surface area contributed by atoms with Crippen LogP contribution in [0.4, 0.5) is 5.69 Å². The molecule has 0 fully saturated rings. The molecule has 10 nitrogen and oxygen atoms in total. The predicted octanol–water partition coefficient (Wildman–Crippen LogP) is -0.924. The maximum absolute atomic E-state index is 11.9. The number of carboxylic acids is 1. The summed E-state index contributed by atoms with van der Waals surface area (Å²) >= 11 is 6.09. The first-order valence-corrected chi connectivity index (χ1v) is 13.2. The molecule has 0 aliphatic rings. The van der Waals surface area contributed by atoms with Gasteiger partial charge in [0.25, 0.3) is 0 Å². The number of hydrogen-bond donors (Lipinski definition) is 5. The Hall–Kier alpha value is -2.00. The van der Waals surface area contributed by atoms with Crippen LogP contribution in [0.25, 0.3) is 22.2 Å². The molecular weight excluding hydrogens is 602 g/mol. The number of aliphatic hydroxyl groups excluding tert-OH is 3. The molecule has 0 aliphatic carbocycles. The molecule has 1 heterocycles. The number of phenolic OH excluding ortho intramolecular Hbond substituents is 1. The average molecular weight is 624 g/mol. The van der Waals surface area contributed by atoms with Gasteiger partial charge in [0.15, 0.2) is 0 Å². The molecule has 0 saturated heterocycles. The molecule has 0 aliphatic heterocycles. The number of benzene rings is 2. The van der Waals surface area contributed by atoms with Gasteiger partial charge < -0.3 is 0 Å². The Balaban J connectivity index is 2.03. The molecule has 1 aromatic heterocycles. The van der Waals surface area contributed by atoms with E-state index < -0.39 is 31.1 Å². The number of aliphatic carboxylic acids is 1. The number of aliphatic hydroxyl groups is 3. The van der Waals surface area contributed by atoms with E-state index >= 15 is 0 Å². The Kier molecular flexibility index (Phi) is 9.69. The number of Topliss-reactive ketones (excluding diaryl/α,β-unsaturated/α-hetero) is 1. The second-order valence-electron chi connectivity index (χ2n) is 7.56. The first-order valence-electron chi connectivity index (χ1n) is 10.3. The van der Waals surface area contributed by atoms with E-state index in [0.29, 0.717) is 27.6 Å². The van der Waals surface area contributed by atoms with Crippen LogP contribution in [0.5, 0.6) is 5.75 Å². The van der Waals surface area contributed by atoms with Crippen molar-refractivity contribution in [2.75, 3.05) is 37.0 Å². The van der Waals surface area contributed by atoms with Crippen molar-refractivity contribution in [3.63, 3.8) is 0 Å². The van der Waals surface area contributed by atoms with E-state index in [1.807, 2.05) is 0 Å². The number of rotatable bonds is 12. The van der Waals surface area contributed by atoms with Crippen molar-refractivity contribution < 1.29 is 39.5 Å². The summed E-state index contributed by atoms with van der Waals surface area (Å²) in [4.78, 5) is 28.6. The number of aromatic nitrogens is 1. The predicted molar refractivity (Wildman–Crippen MR) is 132 cm³/mol. The van der Waals surface area contributed by atoms with Crippen molar-refractivity contribution in [2.45, 2.75) is 17.7 Å². The van der Waals surface area contributed by atoms with Crippen molar-refractivity contribution in [3.05, 3.63) is 24.3 Å². The summed E-state index contributed by atoms with van der Waals surface area (Å²) in [7, 11) is 0. The monoisotopic (exact) mass is 624 g/mol. The zero-order valence-electron chi connectivity index (χ0n) is 18.3. The van der Waals surface area contributed by atoms with Gasteiger partial charge in [0, 0.05) is 0 Å². The number of hydrogen-bond acceptors (Lipinski definition) is 10. The number of carbonyl (C=O) groups is 2. The van der Waals surface area contributed by atoms with Gasteiger partial charge in [-0.3, -0.25) is 0 Å². The van der Waals surface area contributed by atoms with E-state index in [0.717, 1.165) is 14.3 Å². The van der Waals surface area contributed by atoms with Crippen molar-refractivity contribution in [1.29, 1.82) is 0 Å². The van der Waals surface area contributed by atoms with Crippen LogP contribution < -0.4 is 13.6 Å². The van der Waals surface area contributed by atoms with Crippen LogP contribution in [0.15, 0.2) is 33.9 Å². The van der Waals surface area contributed by atoms with Crippen LogP contribution in [0.1, 0.15) is 6.42 Å². The average Bonchev–Trinajstić information content (AvgIpc) is 3.22. The van der Waals surface area contributed by atoms with E-state index in [1.165, 1.54) is 22.7 Å². The second kappa shape index (κ2) is 12.3. The summed E-state index contributed by atoms with van der Waals surface area (Å²) in [5, 5.41) is 48.1. The number of fused-ring (bicyclic) bond motifs is 1. The summed E-state index contributed by atoms with van der Waals surface area (Å²) in [6, 6.07) is 6.61. The van der Waals surface area contributed by atoms with Gasteiger partial charge in [-0.25, -0.2) is 0 Å². The van der Waals surface area contributed by atoms with Crippen LogP contribution in [0.2, 0.25) is 0 Å². The summed E-state index contributed by atoms with van der Waals surface area (Å²) in [5.41, 5.74) is 2.85. The molecule has 1 unspecified atom stereocenters. The first-order chi connectivity index (χ1) is 16.6. The zero-order valence-corrected chi connectivity index (χ0v) is 22.9. The molecule has 0 bridgehead atoms. The van der Waals surface area contributed by atoms with Gasteiger partial charge in [0.05, 0.1) is 0 Å². The zero-order chi connectivity index (χ0) is 25.7. The molecule has 3 aromatic rings. The van der Waals surface area contributed by atoms with E-state index in [9.17, 15) is 30.0 Å². The molecule has 0 spiro atoms. The van der Waals surface area contributed by atoms with E-state index in [4.69, 9.17) is 9.52 Å². The Bertz CT molecular complexity index is 1240. The Labute approximate surface area is 222 Å². The minimum atomic E-state index is -1.16. The van der Waals surface area contributed by atoms with Crippen molar-refractivity contribution in [2.24, 2.45) is 0 Å². The van der Waals surface area contributed by atoms with Gasteiger partial charge in [0.1, 0.15) is 0 Å². The molecule has 0 amide bonds. The van der Waals surface area contributed by atoms with Crippen molar-refractivity contribution in [1.82, 2.24) is 4.98 Å². The van der Waals surface area contributed by atoms with Gasteiger partial charge in [-0.15, -0.1) is 0 Å². The molecule has 1 atom stereocenters. The van der Waals surface area contributed by atoms with Gasteiger partial charge in [0.2, 0.25) is 0 Å². The number of nitrogens with zero attached hydrogens (tertiary/aromatic N) is 2. The third-order valence-corrected chi connectivity index (χ3v) is 7.43. The number of phenols is 1. The van der Waals surface area contributed by atoms with E-state index in [1.54, 1.807) is 18.2 Å². The molecule has 13 heteroatoms.